The Hall–Kier alpha value is -2.13. The number of phosphoric acid groups is 1. The number of ketones is 1. The molecule has 306 valence electrons. The number of amides is 1. The molecule has 1 unspecified atom stereocenters. The van der Waals surface area contributed by atoms with Crippen LogP contribution in [-0.2, 0) is 23.2 Å². The van der Waals surface area contributed by atoms with Gasteiger partial charge in [0.1, 0.15) is 13.2 Å². The van der Waals surface area contributed by atoms with E-state index >= 15 is 0 Å². The van der Waals surface area contributed by atoms with Crippen LogP contribution < -0.4 is 5.32 Å². The second kappa shape index (κ2) is 34.4. The van der Waals surface area contributed by atoms with Gasteiger partial charge in [0.15, 0.2) is 5.78 Å². The second-order valence-corrected chi connectivity index (χ2v) is 16.5. The van der Waals surface area contributed by atoms with Crippen molar-refractivity contribution in [2.45, 2.75) is 161 Å². The van der Waals surface area contributed by atoms with Gasteiger partial charge in [0.05, 0.1) is 39.9 Å². The first-order valence-electron chi connectivity index (χ1n) is 20.6. The number of quaternary nitrogens is 1. The van der Waals surface area contributed by atoms with Crippen molar-refractivity contribution < 1.29 is 37.7 Å². The maximum Gasteiger partial charge on any atom is 0.472 e. The fourth-order valence-corrected chi connectivity index (χ4v) is 6.08. The first kappa shape index (κ1) is 50.9. The molecule has 0 aromatic carbocycles. The van der Waals surface area contributed by atoms with Gasteiger partial charge in [-0.15, -0.1) is 0 Å². The summed E-state index contributed by atoms with van der Waals surface area (Å²) in [5.41, 5.74) is 0. The van der Waals surface area contributed by atoms with Gasteiger partial charge < -0.3 is 19.8 Å². The highest BCUT2D eigenvalue weighted by molar-refractivity contribution is 7.47. The predicted octanol–water partition coefficient (Wildman–Crippen LogP) is 10.3. The van der Waals surface area contributed by atoms with Gasteiger partial charge in [-0.05, 0) is 51.0 Å². The smallest absolute Gasteiger partial charge is 0.387 e. The first-order chi connectivity index (χ1) is 25.4. The maximum absolute atomic E-state index is 12.8. The standard InChI is InChI=1S/C43H77N2O7P/c1-6-8-10-12-14-16-18-20-22-24-26-28-30-33-40(46)34-32-36-43(48)44-41(39-52-53(49,50)51-38-37-45(3,4)5)42(47)35-31-29-27-25-23-21-19-17-15-13-11-9-7-2/h14,16,20,22,26,28,30-31,33,35,41-42,47H,6-13,15,17-19,21,23-25,27,29,32,34,36-39H2,1-5H3,(H-,44,48,49,50)/p+1/b16-14-,22-20-,28-26-,33-30+,35-31+/t41-,42+/m0/s1. The van der Waals surface area contributed by atoms with Crippen LogP contribution in [0, 0.1) is 0 Å². The molecule has 0 rings (SSSR count). The van der Waals surface area contributed by atoms with Crippen LogP contribution in [0.5, 0.6) is 0 Å². The quantitative estimate of drug-likeness (QED) is 0.0145. The lowest BCUT2D eigenvalue weighted by Gasteiger charge is -2.25. The molecule has 0 aromatic rings. The number of aliphatic hydroxyl groups excluding tert-OH is 1. The number of carbonyl (C=O) groups is 2. The van der Waals surface area contributed by atoms with Gasteiger partial charge in [-0.2, -0.15) is 0 Å². The monoisotopic (exact) mass is 766 g/mol. The largest absolute Gasteiger partial charge is 0.472 e. The van der Waals surface area contributed by atoms with Crippen molar-refractivity contribution in [3.63, 3.8) is 0 Å². The van der Waals surface area contributed by atoms with Gasteiger partial charge in [0.25, 0.3) is 0 Å². The average Bonchev–Trinajstić information content (AvgIpc) is 3.09. The topological polar surface area (TPSA) is 122 Å². The summed E-state index contributed by atoms with van der Waals surface area (Å²) in [7, 11) is 1.42. The number of allylic oxidation sites excluding steroid dienone is 9. The van der Waals surface area contributed by atoms with Crippen LogP contribution in [0.15, 0.2) is 60.8 Å². The van der Waals surface area contributed by atoms with E-state index in [1.54, 1.807) is 12.2 Å². The molecule has 0 bridgehead atoms. The molecule has 9 nitrogen and oxygen atoms in total. The SMILES string of the molecule is CCCCC/C=C\C/C=C\C/C=C\C=C\C(=O)CCCC(=O)N[C@@H](COP(=O)(O)OCC[N+](C)(C)C)[C@H](O)/C=C/CCCCCCCCCCCCC. The summed E-state index contributed by atoms with van der Waals surface area (Å²) >= 11 is 0. The lowest BCUT2D eigenvalue weighted by atomic mass is 10.0. The highest BCUT2D eigenvalue weighted by atomic mass is 31.2. The fraction of sp³-hybridized carbons (Fsp3) is 0.721. The predicted molar refractivity (Wildman–Crippen MR) is 222 cm³/mol. The highest BCUT2D eigenvalue weighted by Gasteiger charge is 2.27. The van der Waals surface area contributed by atoms with Crippen LogP contribution in [0.3, 0.4) is 0 Å². The third-order valence-corrected chi connectivity index (χ3v) is 9.69. The third-order valence-electron chi connectivity index (χ3n) is 8.71. The minimum Gasteiger partial charge on any atom is -0.387 e. The minimum absolute atomic E-state index is 0.0160. The molecular weight excluding hydrogens is 687 g/mol. The zero-order valence-electron chi connectivity index (χ0n) is 34.2. The van der Waals surface area contributed by atoms with E-state index in [-0.39, 0.29) is 31.1 Å². The molecule has 0 aliphatic rings. The van der Waals surface area contributed by atoms with E-state index in [0.717, 1.165) is 38.5 Å². The Kier molecular flexibility index (Phi) is 33.0. The minimum atomic E-state index is -4.40. The lowest BCUT2D eigenvalue weighted by Crippen LogP contribution is -2.45. The van der Waals surface area contributed by atoms with E-state index in [4.69, 9.17) is 9.05 Å². The molecule has 0 heterocycles. The van der Waals surface area contributed by atoms with Crippen molar-refractivity contribution in [1.29, 1.82) is 0 Å². The molecule has 0 aliphatic carbocycles. The van der Waals surface area contributed by atoms with E-state index in [9.17, 15) is 24.2 Å². The van der Waals surface area contributed by atoms with Gasteiger partial charge in [0.2, 0.25) is 5.91 Å². The Bertz CT molecular complexity index is 1110. The van der Waals surface area contributed by atoms with Crippen LogP contribution in [0.2, 0.25) is 0 Å². The molecule has 0 saturated heterocycles. The van der Waals surface area contributed by atoms with Crippen molar-refractivity contribution >= 4 is 19.5 Å². The van der Waals surface area contributed by atoms with Crippen molar-refractivity contribution in [3.05, 3.63) is 60.8 Å². The summed E-state index contributed by atoms with van der Waals surface area (Å²) in [6.07, 6.45) is 39.9. The molecule has 0 spiro atoms. The molecule has 0 aliphatic heterocycles. The van der Waals surface area contributed by atoms with Crippen LogP contribution >= 0.6 is 7.82 Å². The Morgan fingerprint density at radius 1 is 0.698 bits per heavy atom. The molecule has 0 radical (unpaired) electrons. The van der Waals surface area contributed by atoms with Crippen LogP contribution in [-0.4, -0.2) is 79.2 Å². The molecule has 53 heavy (non-hydrogen) atoms. The summed E-state index contributed by atoms with van der Waals surface area (Å²) in [4.78, 5) is 35.3. The van der Waals surface area contributed by atoms with Crippen molar-refractivity contribution in [3.8, 4) is 0 Å². The summed E-state index contributed by atoms with van der Waals surface area (Å²) in [6, 6.07) is -0.963. The van der Waals surface area contributed by atoms with Crippen molar-refractivity contribution in [2.24, 2.45) is 0 Å². The van der Waals surface area contributed by atoms with Crippen LogP contribution in [0.25, 0.3) is 0 Å². The van der Waals surface area contributed by atoms with Crippen molar-refractivity contribution in [2.75, 3.05) is 40.9 Å². The van der Waals surface area contributed by atoms with Crippen molar-refractivity contribution in [1.82, 2.24) is 5.32 Å². The van der Waals surface area contributed by atoms with Gasteiger partial charge in [-0.25, -0.2) is 4.57 Å². The fourth-order valence-electron chi connectivity index (χ4n) is 5.34. The van der Waals surface area contributed by atoms with E-state index in [1.165, 1.54) is 83.1 Å². The van der Waals surface area contributed by atoms with Gasteiger partial charge in [0, 0.05) is 12.8 Å². The highest BCUT2D eigenvalue weighted by Crippen LogP contribution is 2.43. The number of hydrogen-bond donors (Lipinski definition) is 3. The number of likely N-dealkylation sites (N-methyl/N-ethyl adjacent to an activating group) is 1. The molecule has 3 atom stereocenters. The van der Waals surface area contributed by atoms with E-state index in [1.807, 2.05) is 39.4 Å². The Morgan fingerprint density at radius 2 is 1.25 bits per heavy atom. The molecule has 0 saturated carbocycles. The Labute approximate surface area is 324 Å². The average molecular weight is 766 g/mol. The summed E-state index contributed by atoms with van der Waals surface area (Å²) in [6.45, 7) is 4.55. The molecular formula is C43H78N2O7P+. The van der Waals surface area contributed by atoms with Gasteiger partial charge in [-0.3, -0.25) is 18.6 Å². The molecule has 3 N–H and O–H groups in total. The molecule has 1 amide bonds. The second-order valence-electron chi connectivity index (χ2n) is 15.0. The number of nitrogens with zero attached hydrogens (tertiary/aromatic N) is 1. The summed E-state index contributed by atoms with van der Waals surface area (Å²) in [5.74, 6) is -0.460. The molecule has 0 aromatic heterocycles. The zero-order chi connectivity index (χ0) is 39.5. The number of aliphatic hydroxyl groups is 1. The van der Waals surface area contributed by atoms with E-state index < -0.39 is 26.6 Å². The summed E-state index contributed by atoms with van der Waals surface area (Å²) < 4.78 is 23.4. The molecule has 10 heteroatoms. The van der Waals surface area contributed by atoms with Gasteiger partial charge >= 0.3 is 7.82 Å². The number of hydrogen-bond acceptors (Lipinski definition) is 6. The van der Waals surface area contributed by atoms with Gasteiger partial charge in [-0.1, -0.05) is 146 Å². The normalized spacial score (nSPS) is 15.0. The maximum atomic E-state index is 12.8. The van der Waals surface area contributed by atoms with E-state index in [0.29, 0.717) is 17.4 Å². The Morgan fingerprint density at radius 3 is 1.89 bits per heavy atom. The first-order valence-corrected chi connectivity index (χ1v) is 22.1. The van der Waals surface area contributed by atoms with Crippen LogP contribution in [0.1, 0.15) is 149 Å². The number of phosphoric ester groups is 1. The third kappa shape index (κ3) is 36.6. The number of rotatable bonds is 36. The number of carbonyl (C=O) groups excluding carboxylic acids is 2. The lowest BCUT2D eigenvalue weighted by molar-refractivity contribution is -0.870. The number of unbranched alkanes of at least 4 members (excludes halogenated alkanes) is 14. The Balaban J connectivity index is 4.73. The van der Waals surface area contributed by atoms with E-state index in [2.05, 4.69) is 43.5 Å². The summed E-state index contributed by atoms with van der Waals surface area (Å²) in [5, 5.41) is 13.6. The number of nitrogens with one attached hydrogen (secondary N) is 1. The zero-order valence-corrected chi connectivity index (χ0v) is 35.1. The van der Waals surface area contributed by atoms with Crippen LogP contribution in [0.4, 0.5) is 0 Å². The molecule has 0 fully saturated rings.